The van der Waals surface area contributed by atoms with Crippen LogP contribution in [-0.4, -0.2) is 12.0 Å². The van der Waals surface area contributed by atoms with E-state index in [9.17, 15) is 8.78 Å². The highest BCUT2D eigenvalue weighted by molar-refractivity contribution is 5.15. The van der Waals surface area contributed by atoms with Crippen LogP contribution in [0.5, 0.6) is 0 Å². The van der Waals surface area contributed by atoms with Crippen LogP contribution in [0.4, 0.5) is 8.78 Å². The highest BCUT2D eigenvalue weighted by Gasteiger charge is 2.24. The molecule has 0 spiro atoms. The molecule has 0 aliphatic rings. The third-order valence-corrected chi connectivity index (χ3v) is 1.96. The Hall–Kier alpha value is -0.960. The third kappa shape index (κ3) is 4.33. The Kier molecular flexibility index (Phi) is 3.58. The first-order valence-electron chi connectivity index (χ1n) is 4.65. The van der Waals surface area contributed by atoms with Crippen LogP contribution in [0, 0.1) is 0 Å². The summed E-state index contributed by atoms with van der Waals surface area (Å²) in [5.74, 6) is -2.67. The summed E-state index contributed by atoms with van der Waals surface area (Å²) in [6.45, 7) is 0.901. The lowest BCUT2D eigenvalue weighted by Gasteiger charge is -2.16. The summed E-state index contributed by atoms with van der Waals surface area (Å²) in [6, 6.07) is 8.97. The van der Waals surface area contributed by atoms with Gasteiger partial charge in [0.2, 0.25) is 5.92 Å². The number of benzene rings is 1. The number of hydrogen-bond donors (Lipinski definition) is 1. The maximum absolute atomic E-state index is 12.6. The van der Waals surface area contributed by atoms with E-state index in [1.807, 2.05) is 30.3 Å². The first kappa shape index (κ1) is 11.1. The maximum Gasteiger partial charge on any atom is 0.246 e. The Balaban J connectivity index is 2.46. The molecule has 2 N–H and O–H groups in total. The molecule has 0 aliphatic heterocycles. The van der Waals surface area contributed by atoms with Gasteiger partial charge in [-0.05, 0) is 18.9 Å². The van der Waals surface area contributed by atoms with Crippen molar-refractivity contribution in [3.8, 4) is 0 Å². The first-order valence-corrected chi connectivity index (χ1v) is 4.65. The smallest absolute Gasteiger partial charge is 0.246 e. The second-order valence-electron chi connectivity index (χ2n) is 3.72. The predicted molar refractivity (Wildman–Crippen MR) is 53.4 cm³/mol. The minimum absolute atomic E-state index is 0.262. The summed E-state index contributed by atoms with van der Waals surface area (Å²) >= 11 is 0. The van der Waals surface area contributed by atoms with Gasteiger partial charge in [0, 0.05) is 12.5 Å². The molecular formula is C11H15F2N. The lowest BCUT2D eigenvalue weighted by molar-refractivity contribution is 0.00648. The van der Waals surface area contributed by atoms with Gasteiger partial charge in [0.25, 0.3) is 0 Å². The normalized spacial score (nSPS) is 14.0. The lowest BCUT2D eigenvalue weighted by Crippen LogP contribution is -2.30. The molecule has 0 saturated carbocycles. The second kappa shape index (κ2) is 4.51. The maximum atomic E-state index is 12.6. The van der Waals surface area contributed by atoms with Crippen molar-refractivity contribution in [2.75, 3.05) is 0 Å². The van der Waals surface area contributed by atoms with E-state index in [1.54, 1.807) is 0 Å². The largest absolute Gasteiger partial charge is 0.327 e. The summed E-state index contributed by atoms with van der Waals surface area (Å²) in [6.07, 6.45) is 0.242. The van der Waals surface area contributed by atoms with Crippen molar-refractivity contribution in [1.82, 2.24) is 0 Å². The van der Waals surface area contributed by atoms with Crippen LogP contribution in [-0.2, 0) is 6.42 Å². The molecule has 0 bridgehead atoms. The van der Waals surface area contributed by atoms with E-state index < -0.39 is 12.0 Å². The van der Waals surface area contributed by atoms with Crippen molar-refractivity contribution in [1.29, 1.82) is 0 Å². The van der Waals surface area contributed by atoms with Gasteiger partial charge < -0.3 is 5.73 Å². The first-order chi connectivity index (χ1) is 6.47. The number of rotatable bonds is 4. The molecule has 1 nitrogen and oxygen atoms in total. The highest BCUT2D eigenvalue weighted by atomic mass is 19.3. The van der Waals surface area contributed by atoms with Crippen molar-refractivity contribution >= 4 is 0 Å². The van der Waals surface area contributed by atoms with Crippen LogP contribution in [0.1, 0.15) is 18.9 Å². The molecule has 78 valence electrons. The molecule has 0 fully saturated rings. The summed E-state index contributed by atoms with van der Waals surface area (Å²) in [5, 5.41) is 0. The fourth-order valence-corrected chi connectivity index (χ4v) is 1.45. The molecule has 1 unspecified atom stereocenters. The fraction of sp³-hybridized carbons (Fsp3) is 0.455. The summed E-state index contributed by atoms with van der Waals surface area (Å²) in [7, 11) is 0. The Morgan fingerprint density at radius 3 is 2.36 bits per heavy atom. The molecule has 14 heavy (non-hydrogen) atoms. The predicted octanol–water partition coefficient (Wildman–Crippen LogP) is 2.60. The van der Waals surface area contributed by atoms with Crippen LogP contribution in [0.2, 0.25) is 0 Å². The van der Waals surface area contributed by atoms with Crippen molar-refractivity contribution in [3.63, 3.8) is 0 Å². The standard InChI is InChI=1S/C11H15F2N/c1-11(12,13)8-10(14)7-9-5-3-2-4-6-9/h2-6,10H,7-8,14H2,1H3. The average Bonchev–Trinajstić information content (AvgIpc) is 2.02. The monoisotopic (exact) mass is 199 g/mol. The molecule has 1 rings (SSSR count). The molecule has 0 aromatic heterocycles. The molecule has 0 saturated heterocycles. The summed E-state index contributed by atoms with van der Waals surface area (Å²) in [4.78, 5) is 0. The molecule has 0 aliphatic carbocycles. The van der Waals surface area contributed by atoms with Gasteiger partial charge >= 0.3 is 0 Å². The van der Waals surface area contributed by atoms with Crippen molar-refractivity contribution in [2.45, 2.75) is 31.7 Å². The van der Waals surface area contributed by atoms with Crippen LogP contribution in [0.15, 0.2) is 30.3 Å². The Labute approximate surface area is 82.9 Å². The van der Waals surface area contributed by atoms with E-state index in [4.69, 9.17) is 5.73 Å². The van der Waals surface area contributed by atoms with Gasteiger partial charge in [0.05, 0.1) is 0 Å². The van der Waals surface area contributed by atoms with Gasteiger partial charge in [0.1, 0.15) is 0 Å². The van der Waals surface area contributed by atoms with Crippen LogP contribution >= 0.6 is 0 Å². The van der Waals surface area contributed by atoms with E-state index in [0.717, 1.165) is 12.5 Å². The van der Waals surface area contributed by atoms with Crippen molar-refractivity contribution < 1.29 is 8.78 Å². The van der Waals surface area contributed by atoms with E-state index in [0.29, 0.717) is 6.42 Å². The molecule has 0 amide bonds. The Morgan fingerprint density at radius 2 is 1.86 bits per heavy atom. The molecule has 1 atom stereocenters. The fourth-order valence-electron chi connectivity index (χ4n) is 1.45. The van der Waals surface area contributed by atoms with Gasteiger partial charge in [-0.1, -0.05) is 30.3 Å². The summed E-state index contributed by atoms with van der Waals surface area (Å²) < 4.78 is 25.2. The van der Waals surface area contributed by atoms with Gasteiger partial charge in [-0.15, -0.1) is 0 Å². The minimum atomic E-state index is -2.67. The number of halogens is 2. The molecule has 1 aromatic rings. The van der Waals surface area contributed by atoms with Crippen molar-refractivity contribution in [3.05, 3.63) is 35.9 Å². The van der Waals surface area contributed by atoms with Crippen molar-refractivity contribution in [2.24, 2.45) is 5.73 Å². The molecular weight excluding hydrogens is 184 g/mol. The molecule has 0 radical (unpaired) electrons. The second-order valence-corrected chi connectivity index (χ2v) is 3.72. The average molecular weight is 199 g/mol. The molecule has 0 heterocycles. The van der Waals surface area contributed by atoms with Gasteiger partial charge in [0.15, 0.2) is 0 Å². The van der Waals surface area contributed by atoms with E-state index in [2.05, 4.69) is 0 Å². The van der Waals surface area contributed by atoms with E-state index in [-0.39, 0.29) is 6.42 Å². The zero-order chi connectivity index (χ0) is 10.6. The van der Waals surface area contributed by atoms with Gasteiger partial charge in [-0.3, -0.25) is 0 Å². The van der Waals surface area contributed by atoms with Crippen LogP contribution < -0.4 is 5.73 Å². The van der Waals surface area contributed by atoms with E-state index in [1.165, 1.54) is 0 Å². The Bertz CT molecular complexity index is 266. The Morgan fingerprint density at radius 1 is 1.29 bits per heavy atom. The number of nitrogens with two attached hydrogens (primary N) is 1. The SMILES string of the molecule is CC(F)(F)CC(N)Cc1ccccc1. The number of hydrogen-bond acceptors (Lipinski definition) is 1. The minimum Gasteiger partial charge on any atom is -0.327 e. The molecule has 1 aromatic carbocycles. The molecule has 3 heteroatoms. The summed E-state index contributed by atoms with van der Waals surface area (Å²) in [5.41, 5.74) is 6.62. The van der Waals surface area contributed by atoms with Crippen LogP contribution in [0.3, 0.4) is 0 Å². The number of alkyl halides is 2. The quantitative estimate of drug-likeness (QED) is 0.792. The third-order valence-electron chi connectivity index (χ3n) is 1.96. The lowest BCUT2D eigenvalue weighted by atomic mass is 10.0. The topological polar surface area (TPSA) is 26.0 Å². The zero-order valence-corrected chi connectivity index (χ0v) is 8.21. The zero-order valence-electron chi connectivity index (χ0n) is 8.21. The van der Waals surface area contributed by atoms with Gasteiger partial charge in [-0.2, -0.15) is 0 Å². The van der Waals surface area contributed by atoms with Crippen LogP contribution in [0.25, 0.3) is 0 Å². The van der Waals surface area contributed by atoms with Gasteiger partial charge in [-0.25, -0.2) is 8.78 Å². The highest BCUT2D eigenvalue weighted by Crippen LogP contribution is 2.19. The van der Waals surface area contributed by atoms with E-state index >= 15 is 0 Å².